The SMILES string of the molecule is c1csc(CNCCN2CCC3(CCCC3)C2)c1. The van der Waals surface area contributed by atoms with Crippen LogP contribution in [0.3, 0.4) is 0 Å². The van der Waals surface area contributed by atoms with E-state index in [1.807, 2.05) is 11.3 Å². The first-order valence-corrected chi connectivity index (χ1v) is 8.20. The summed E-state index contributed by atoms with van der Waals surface area (Å²) in [6.07, 6.45) is 7.39. The van der Waals surface area contributed by atoms with Crippen LogP contribution in [0.2, 0.25) is 0 Å². The van der Waals surface area contributed by atoms with Gasteiger partial charge >= 0.3 is 0 Å². The largest absolute Gasteiger partial charge is 0.311 e. The second-order valence-electron chi connectivity index (χ2n) is 5.99. The van der Waals surface area contributed by atoms with Gasteiger partial charge in [-0.3, -0.25) is 0 Å². The maximum absolute atomic E-state index is 3.56. The van der Waals surface area contributed by atoms with E-state index in [9.17, 15) is 0 Å². The molecule has 0 radical (unpaired) electrons. The molecule has 18 heavy (non-hydrogen) atoms. The van der Waals surface area contributed by atoms with E-state index in [2.05, 4.69) is 27.7 Å². The molecule has 1 N–H and O–H groups in total. The van der Waals surface area contributed by atoms with Gasteiger partial charge in [0.05, 0.1) is 0 Å². The lowest BCUT2D eigenvalue weighted by Gasteiger charge is -2.23. The zero-order valence-electron chi connectivity index (χ0n) is 11.2. The Balaban J connectivity index is 1.34. The molecule has 1 aliphatic carbocycles. The van der Waals surface area contributed by atoms with Gasteiger partial charge in [-0.1, -0.05) is 18.9 Å². The standard InChI is InChI=1S/C15H24N2S/c1-2-6-15(5-1)7-9-17(13-15)10-8-16-12-14-4-3-11-18-14/h3-4,11,16H,1-2,5-10,12-13H2. The number of rotatable bonds is 5. The van der Waals surface area contributed by atoms with Crippen molar-refractivity contribution in [3.05, 3.63) is 22.4 Å². The third-order valence-electron chi connectivity index (χ3n) is 4.67. The van der Waals surface area contributed by atoms with Crippen LogP contribution in [0.25, 0.3) is 0 Å². The highest BCUT2D eigenvalue weighted by molar-refractivity contribution is 7.09. The average Bonchev–Trinajstić information content (AvgIpc) is 3.10. The van der Waals surface area contributed by atoms with Crippen molar-refractivity contribution in [2.24, 2.45) is 5.41 Å². The minimum absolute atomic E-state index is 0.730. The minimum Gasteiger partial charge on any atom is -0.311 e. The molecule has 1 saturated carbocycles. The fraction of sp³-hybridized carbons (Fsp3) is 0.733. The molecular formula is C15H24N2S. The second-order valence-corrected chi connectivity index (χ2v) is 7.02. The molecule has 3 rings (SSSR count). The number of hydrogen-bond acceptors (Lipinski definition) is 3. The fourth-order valence-electron chi connectivity index (χ4n) is 3.61. The van der Waals surface area contributed by atoms with E-state index in [1.165, 1.54) is 56.6 Å². The van der Waals surface area contributed by atoms with Crippen molar-refractivity contribution in [2.45, 2.75) is 38.6 Å². The van der Waals surface area contributed by atoms with Crippen molar-refractivity contribution in [1.29, 1.82) is 0 Å². The summed E-state index contributed by atoms with van der Waals surface area (Å²) in [7, 11) is 0. The van der Waals surface area contributed by atoms with Gasteiger partial charge in [0.2, 0.25) is 0 Å². The molecule has 2 fully saturated rings. The first-order valence-electron chi connectivity index (χ1n) is 7.32. The summed E-state index contributed by atoms with van der Waals surface area (Å²) in [4.78, 5) is 4.12. The van der Waals surface area contributed by atoms with Crippen LogP contribution >= 0.6 is 11.3 Å². The fourth-order valence-corrected chi connectivity index (χ4v) is 4.29. The third kappa shape index (κ3) is 2.95. The predicted molar refractivity (Wildman–Crippen MR) is 78.0 cm³/mol. The van der Waals surface area contributed by atoms with Crippen molar-refractivity contribution in [1.82, 2.24) is 10.2 Å². The molecule has 100 valence electrons. The van der Waals surface area contributed by atoms with Gasteiger partial charge in [-0.05, 0) is 42.7 Å². The van der Waals surface area contributed by atoms with E-state index >= 15 is 0 Å². The topological polar surface area (TPSA) is 15.3 Å². The Hall–Kier alpha value is -0.380. The quantitative estimate of drug-likeness (QED) is 0.822. The van der Waals surface area contributed by atoms with Crippen molar-refractivity contribution in [2.75, 3.05) is 26.2 Å². The van der Waals surface area contributed by atoms with Crippen molar-refractivity contribution < 1.29 is 0 Å². The molecule has 3 heteroatoms. The summed E-state index contributed by atoms with van der Waals surface area (Å²) in [5.41, 5.74) is 0.730. The van der Waals surface area contributed by atoms with Crippen LogP contribution < -0.4 is 5.32 Å². The van der Waals surface area contributed by atoms with Crippen LogP contribution in [0.4, 0.5) is 0 Å². The number of hydrogen-bond donors (Lipinski definition) is 1. The van der Waals surface area contributed by atoms with E-state index in [0.29, 0.717) is 0 Å². The zero-order valence-corrected chi connectivity index (χ0v) is 12.0. The van der Waals surface area contributed by atoms with Gasteiger partial charge in [-0.25, -0.2) is 0 Å². The lowest BCUT2D eigenvalue weighted by Crippen LogP contribution is -2.32. The van der Waals surface area contributed by atoms with E-state index in [4.69, 9.17) is 0 Å². The summed E-state index contributed by atoms with van der Waals surface area (Å²) in [6.45, 7) is 6.10. The summed E-state index contributed by atoms with van der Waals surface area (Å²) < 4.78 is 0. The summed E-state index contributed by atoms with van der Waals surface area (Å²) >= 11 is 1.84. The lowest BCUT2D eigenvalue weighted by molar-refractivity contribution is 0.261. The highest BCUT2D eigenvalue weighted by atomic mass is 32.1. The zero-order chi connectivity index (χ0) is 12.3. The normalized spacial score (nSPS) is 23.1. The van der Waals surface area contributed by atoms with Crippen LogP contribution in [0.15, 0.2) is 17.5 Å². The van der Waals surface area contributed by atoms with Gasteiger partial charge in [0.25, 0.3) is 0 Å². The Labute approximate surface area is 114 Å². The number of nitrogens with zero attached hydrogens (tertiary/aromatic N) is 1. The minimum atomic E-state index is 0.730. The molecular weight excluding hydrogens is 240 g/mol. The van der Waals surface area contributed by atoms with Crippen LogP contribution in [0.5, 0.6) is 0 Å². The third-order valence-corrected chi connectivity index (χ3v) is 5.54. The van der Waals surface area contributed by atoms with Crippen LogP contribution in [0, 0.1) is 5.41 Å². The maximum Gasteiger partial charge on any atom is 0.0300 e. The molecule has 0 atom stereocenters. The molecule has 2 nitrogen and oxygen atoms in total. The van der Waals surface area contributed by atoms with Crippen LogP contribution in [-0.2, 0) is 6.54 Å². The van der Waals surface area contributed by atoms with E-state index in [0.717, 1.165) is 18.5 Å². The molecule has 1 aliphatic heterocycles. The van der Waals surface area contributed by atoms with E-state index in [1.54, 1.807) is 0 Å². The lowest BCUT2D eigenvalue weighted by atomic mass is 9.86. The van der Waals surface area contributed by atoms with Gasteiger partial charge in [-0.15, -0.1) is 11.3 Å². The Bertz CT molecular complexity index is 355. The summed E-state index contributed by atoms with van der Waals surface area (Å²) in [5.74, 6) is 0. The van der Waals surface area contributed by atoms with E-state index < -0.39 is 0 Å². The highest BCUT2D eigenvalue weighted by Crippen LogP contribution is 2.45. The number of likely N-dealkylation sites (tertiary alicyclic amines) is 1. The molecule has 0 aromatic carbocycles. The van der Waals surface area contributed by atoms with Gasteiger partial charge in [-0.2, -0.15) is 0 Å². The molecule has 0 bridgehead atoms. The molecule has 2 heterocycles. The van der Waals surface area contributed by atoms with Crippen LogP contribution in [0.1, 0.15) is 37.0 Å². The van der Waals surface area contributed by atoms with Crippen molar-refractivity contribution in [3.8, 4) is 0 Å². The van der Waals surface area contributed by atoms with Gasteiger partial charge in [0.15, 0.2) is 0 Å². The molecule has 0 unspecified atom stereocenters. The first-order chi connectivity index (χ1) is 8.86. The second kappa shape index (κ2) is 5.72. The highest BCUT2D eigenvalue weighted by Gasteiger charge is 2.39. The first kappa shape index (κ1) is 12.6. The molecule has 1 spiro atoms. The van der Waals surface area contributed by atoms with Crippen LogP contribution in [-0.4, -0.2) is 31.1 Å². The molecule has 0 amide bonds. The molecule has 2 aliphatic rings. The Morgan fingerprint density at radius 2 is 2.17 bits per heavy atom. The summed E-state index contributed by atoms with van der Waals surface area (Å²) in [5, 5.41) is 5.72. The monoisotopic (exact) mass is 264 g/mol. The van der Waals surface area contributed by atoms with E-state index in [-0.39, 0.29) is 0 Å². The molecule has 1 aromatic rings. The van der Waals surface area contributed by atoms with Gasteiger partial charge < -0.3 is 10.2 Å². The molecule has 1 aromatic heterocycles. The molecule has 1 saturated heterocycles. The number of thiophene rings is 1. The Morgan fingerprint density at radius 1 is 1.28 bits per heavy atom. The Morgan fingerprint density at radius 3 is 2.94 bits per heavy atom. The van der Waals surface area contributed by atoms with Crippen molar-refractivity contribution >= 4 is 11.3 Å². The number of nitrogens with one attached hydrogen (secondary N) is 1. The van der Waals surface area contributed by atoms with Gasteiger partial charge in [0, 0.05) is 31.1 Å². The Kier molecular flexibility index (Phi) is 4.02. The predicted octanol–water partition coefficient (Wildman–Crippen LogP) is 3.10. The van der Waals surface area contributed by atoms with Gasteiger partial charge in [0.1, 0.15) is 0 Å². The summed E-state index contributed by atoms with van der Waals surface area (Å²) in [6, 6.07) is 4.34. The smallest absolute Gasteiger partial charge is 0.0300 e. The van der Waals surface area contributed by atoms with Crippen molar-refractivity contribution in [3.63, 3.8) is 0 Å². The average molecular weight is 264 g/mol. The maximum atomic E-state index is 3.56.